The first kappa shape index (κ1) is 24.1. The molecule has 7 rings (SSSR count). The van der Waals surface area contributed by atoms with E-state index in [9.17, 15) is 5.11 Å². The van der Waals surface area contributed by atoms with Gasteiger partial charge in [0.2, 0.25) is 0 Å². The summed E-state index contributed by atoms with van der Waals surface area (Å²) in [4.78, 5) is 10.7. The van der Waals surface area contributed by atoms with Crippen molar-refractivity contribution in [3.63, 3.8) is 0 Å². The number of rotatable bonds is 6. The van der Waals surface area contributed by atoms with Crippen molar-refractivity contribution in [3.05, 3.63) is 94.8 Å². The number of tetrazole rings is 2. The highest BCUT2D eigenvalue weighted by molar-refractivity contribution is 6.30. The van der Waals surface area contributed by atoms with Crippen LogP contribution in [0, 0.1) is 0 Å². The van der Waals surface area contributed by atoms with E-state index < -0.39 is 5.60 Å². The smallest absolute Gasteiger partial charge is 0.280 e. The fourth-order valence-electron chi connectivity index (χ4n) is 5.14. The second-order valence-electron chi connectivity index (χ2n) is 9.48. The number of fused-ring (bicyclic) bond motifs is 3. The molecule has 0 aliphatic carbocycles. The quantitative estimate of drug-likeness (QED) is 0.312. The Bertz CT molecular complexity index is 1950. The number of hydrogen-bond donors (Lipinski definition) is 1. The third kappa shape index (κ3) is 3.92. The third-order valence-corrected chi connectivity index (χ3v) is 7.32. The normalized spacial score (nSPS) is 14.9. The second-order valence-corrected chi connectivity index (χ2v) is 9.92. The first-order valence-corrected chi connectivity index (χ1v) is 12.8. The van der Waals surface area contributed by atoms with E-state index >= 15 is 0 Å². The van der Waals surface area contributed by atoms with Crippen molar-refractivity contribution in [2.75, 3.05) is 13.6 Å². The molecule has 0 bridgehead atoms. The van der Waals surface area contributed by atoms with Gasteiger partial charge in [0.15, 0.2) is 24.2 Å². The van der Waals surface area contributed by atoms with Gasteiger partial charge in [-0.15, -0.1) is 10.2 Å². The Kier molecular flexibility index (Phi) is 5.65. The largest absolute Gasteiger partial charge is 0.373 e. The Morgan fingerprint density at radius 2 is 1.88 bits per heavy atom. The van der Waals surface area contributed by atoms with E-state index in [2.05, 4.69) is 35.9 Å². The van der Waals surface area contributed by atoms with E-state index in [4.69, 9.17) is 16.6 Å². The third-order valence-electron chi connectivity index (χ3n) is 7.09. The highest BCUT2D eigenvalue weighted by Crippen LogP contribution is 2.37. The molecule has 0 spiro atoms. The molecule has 0 amide bonds. The van der Waals surface area contributed by atoms with Crippen LogP contribution in [0.25, 0.3) is 27.9 Å². The topological polar surface area (TPSA) is 135 Å². The molecule has 6 aromatic rings. The van der Waals surface area contributed by atoms with Gasteiger partial charge in [0, 0.05) is 16.0 Å². The summed E-state index contributed by atoms with van der Waals surface area (Å²) in [6.45, 7) is 0.811. The molecule has 0 fully saturated rings. The van der Waals surface area contributed by atoms with Crippen LogP contribution in [0.5, 0.6) is 0 Å². The van der Waals surface area contributed by atoms with Gasteiger partial charge in [-0.25, -0.2) is 9.56 Å². The van der Waals surface area contributed by atoms with Gasteiger partial charge >= 0.3 is 0 Å². The number of nitrogens with zero attached hydrogens (tertiary/aromatic N) is 11. The lowest BCUT2D eigenvalue weighted by Gasteiger charge is -2.29. The Morgan fingerprint density at radius 3 is 2.62 bits per heavy atom. The zero-order chi connectivity index (χ0) is 27.3. The van der Waals surface area contributed by atoms with Crippen LogP contribution in [0.3, 0.4) is 0 Å². The number of hydrogen-bond acceptors (Lipinski definition) is 9. The van der Waals surface area contributed by atoms with E-state index in [1.807, 2.05) is 78.4 Å². The summed E-state index contributed by atoms with van der Waals surface area (Å²) < 4.78 is 3.44. The lowest BCUT2D eigenvalue weighted by atomic mass is 9.81. The van der Waals surface area contributed by atoms with Gasteiger partial charge in [0.05, 0.1) is 24.8 Å². The first-order chi connectivity index (χ1) is 19.5. The molecule has 1 aliphatic rings. The maximum Gasteiger partial charge on any atom is 0.280 e. The lowest BCUT2D eigenvalue weighted by Crippen LogP contribution is -2.41. The molecule has 196 valence electrons. The highest BCUT2D eigenvalue weighted by Gasteiger charge is 2.43. The van der Waals surface area contributed by atoms with Crippen LogP contribution < -0.4 is 0 Å². The molecule has 3 aromatic carbocycles. The molecule has 1 N–H and O–H groups in total. The van der Waals surface area contributed by atoms with Crippen molar-refractivity contribution in [2.45, 2.75) is 12.1 Å². The van der Waals surface area contributed by atoms with Crippen molar-refractivity contribution in [1.82, 2.24) is 45.2 Å². The van der Waals surface area contributed by atoms with Crippen molar-refractivity contribution in [2.24, 2.45) is 4.99 Å². The number of halogens is 1. The molecule has 0 saturated carbocycles. The van der Waals surface area contributed by atoms with Crippen molar-refractivity contribution >= 4 is 40.3 Å². The minimum absolute atomic E-state index is 0.348. The van der Waals surface area contributed by atoms with Gasteiger partial charge in [-0.1, -0.05) is 64.2 Å². The monoisotopic (exact) mass is 550 g/mol. The van der Waals surface area contributed by atoms with Crippen LogP contribution in [0.15, 0.2) is 78.0 Å². The predicted octanol–water partition coefficient (Wildman–Crippen LogP) is 2.39. The van der Waals surface area contributed by atoms with Crippen LogP contribution >= 0.6 is 11.6 Å². The molecule has 40 heavy (non-hydrogen) atoms. The highest BCUT2D eigenvalue weighted by atomic mass is 35.5. The average molecular weight is 551 g/mol. The second kappa shape index (κ2) is 9.36. The number of benzene rings is 3. The minimum Gasteiger partial charge on any atom is -0.373 e. The van der Waals surface area contributed by atoms with Crippen LogP contribution in [0.2, 0.25) is 5.02 Å². The van der Waals surface area contributed by atoms with E-state index in [1.54, 1.807) is 10.9 Å². The van der Waals surface area contributed by atoms with E-state index in [0.29, 0.717) is 40.7 Å². The zero-order valence-electron chi connectivity index (χ0n) is 21.2. The van der Waals surface area contributed by atoms with Gasteiger partial charge in [0.1, 0.15) is 0 Å². The summed E-state index contributed by atoms with van der Waals surface area (Å²) in [6, 6.07) is 20.9. The molecular formula is C27H21ClN11O+. The van der Waals surface area contributed by atoms with Gasteiger partial charge in [-0.2, -0.15) is 9.31 Å². The van der Waals surface area contributed by atoms with Crippen LogP contribution in [0.4, 0.5) is 0 Å². The first-order valence-electron chi connectivity index (χ1n) is 12.4. The molecule has 1 unspecified atom stereocenters. The fraction of sp³-hybridized carbons (Fsp3) is 0.148. The standard InChI is InChI=1S/C27H21ClN11O/c1-37-16-29-13-24(37)27(40,19-7-5-17(6-8-19)14-38-31-15-30-35-38)20-9-10-23-22(12-20)25(18-3-2-4-21(28)11-18)32-26-33-34-36-39(23)26/h2-12,15-16,40H,13-14H2,1H3/q+1. The Labute approximate surface area is 231 Å². The van der Waals surface area contributed by atoms with Gasteiger partial charge in [-0.05, 0) is 56.6 Å². The number of aromatic nitrogens is 9. The Balaban J connectivity index is 1.43. The van der Waals surface area contributed by atoms with Crippen molar-refractivity contribution in [1.29, 1.82) is 0 Å². The van der Waals surface area contributed by atoms with Crippen LogP contribution in [-0.4, -0.2) is 80.6 Å². The van der Waals surface area contributed by atoms with Gasteiger partial charge < -0.3 is 5.11 Å². The van der Waals surface area contributed by atoms with Crippen molar-refractivity contribution in [3.8, 4) is 11.3 Å². The Hall–Kier alpha value is -4.94. The van der Waals surface area contributed by atoms with Gasteiger partial charge in [-0.3, -0.25) is 0 Å². The molecular weight excluding hydrogens is 530 g/mol. The molecule has 12 nitrogen and oxygen atoms in total. The average Bonchev–Trinajstić information content (AvgIpc) is 3.75. The Morgan fingerprint density at radius 1 is 1.02 bits per heavy atom. The molecule has 3 aromatic heterocycles. The maximum atomic E-state index is 12.6. The van der Waals surface area contributed by atoms with E-state index in [0.717, 1.165) is 27.7 Å². The van der Waals surface area contributed by atoms with E-state index in [1.165, 1.54) is 11.1 Å². The minimum atomic E-state index is -1.50. The summed E-state index contributed by atoms with van der Waals surface area (Å²) >= 11 is 6.34. The SMILES string of the molecule is C[N+]1=C(C(O)(c2ccc(Cn3ncnn3)cc2)c2ccc3c(c2)c(-c2cccc(Cl)c2)nc2nnnn23)CN=C1. The van der Waals surface area contributed by atoms with Crippen LogP contribution in [-0.2, 0) is 12.1 Å². The maximum absolute atomic E-state index is 12.6. The van der Waals surface area contributed by atoms with Gasteiger partial charge in [0.25, 0.3) is 12.1 Å². The molecule has 4 heterocycles. The molecule has 1 aliphatic heterocycles. The van der Waals surface area contributed by atoms with Crippen LogP contribution in [0.1, 0.15) is 16.7 Å². The van der Waals surface area contributed by atoms with E-state index in [-0.39, 0.29) is 0 Å². The predicted molar refractivity (Wildman–Crippen MR) is 147 cm³/mol. The summed E-state index contributed by atoms with van der Waals surface area (Å²) in [6.07, 6.45) is 3.12. The van der Waals surface area contributed by atoms with Crippen molar-refractivity contribution < 1.29 is 9.68 Å². The summed E-state index contributed by atoms with van der Waals surface area (Å²) in [5, 5.41) is 37.8. The zero-order valence-corrected chi connectivity index (χ0v) is 21.9. The summed E-state index contributed by atoms with van der Waals surface area (Å²) in [7, 11) is 1.88. The number of aliphatic hydroxyl groups is 1. The summed E-state index contributed by atoms with van der Waals surface area (Å²) in [5.74, 6) is 0.362. The lowest BCUT2D eigenvalue weighted by molar-refractivity contribution is -0.363. The molecule has 1 atom stereocenters. The molecule has 13 heteroatoms. The molecule has 0 saturated heterocycles. The number of aliphatic imine (C=N–C) groups is 1. The molecule has 0 radical (unpaired) electrons. The fourth-order valence-corrected chi connectivity index (χ4v) is 5.33. The summed E-state index contributed by atoms with van der Waals surface area (Å²) in [5.41, 5.74) is 3.74.